The topological polar surface area (TPSA) is 72.0 Å². The third kappa shape index (κ3) is 3.94. The van der Waals surface area contributed by atoms with Gasteiger partial charge in [0, 0.05) is 44.6 Å². The summed E-state index contributed by atoms with van der Waals surface area (Å²) in [5.41, 5.74) is 0.671. The highest BCUT2D eigenvalue weighted by Crippen LogP contribution is 2.35. The molecule has 0 radical (unpaired) electrons. The fraction of sp³-hybridized carbons (Fsp3) is 0.353. The molecular weight excluding hydrogens is 413 g/mol. The molecular formula is C17H19Cl2N3O4S. The zero-order chi connectivity index (χ0) is 19.6. The van der Waals surface area contributed by atoms with Crippen LogP contribution in [-0.2, 0) is 10.0 Å². The van der Waals surface area contributed by atoms with Gasteiger partial charge in [-0.25, -0.2) is 8.42 Å². The highest BCUT2D eigenvalue weighted by atomic mass is 35.5. The number of benzene rings is 1. The number of hydrogen-bond acceptors (Lipinski definition) is 6. The van der Waals surface area contributed by atoms with Gasteiger partial charge in [0.25, 0.3) is 0 Å². The maximum Gasteiger partial charge on any atom is 0.247 e. The van der Waals surface area contributed by atoms with Gasteiger partial charge in [0.1, 0.15) is 16.4 Å². The number of piperazine rings is 1. The first-order valence-electron chi connectivity index (χ1n) is 8.14. The van der Waals surface area contributed by atoms with Gasteiger partial charge in [-0.15, -0.1) is 0 Å². The average molecular weight is 432 g/mol. The summed E-state index contributed by atoms with van der Waals surface area (Å²) in [5, 5.41) is 0.876. The lowest BCUT2D eigenvalue weighted by atomic mass is 10.3. The van der Waals surface area contributed by atoms with Crippen molar-refractivity contribution < 1.29 is 17.9 Å². The minimum Gasteiger partial charge on any atom is -0.497 e. The van der Waals surface area contributed by atoms with E-state index >= 15 is 0 Å². The van der Waals surface area contributed by atoms with E-state index in [9.17, 15) is 8.42 Å². The van der Waals surface area contributed by atoms with Gasteiger partial charge in [-0.05, 0) is 12.1 Å². The van der Waals surface area contributed by atoms with Gasteiger partial charge >= 0.3 is 0 Å². The van der Waals surface area contributed by atoms with Crippen LogP contribution in [0.15, 0.2) is 35.5 Å². The smallest absolute Gasteiger partial charge is 0.247 e. The van der Waals surface area contributed by atoms with E-state index in [0.29, 0.717) is 34.6 Å². The number of pyridine rings is 1. The molecule has 0 aliphatic carbocycles. The highest BCUT2D eigenvalue weighted by Gasteiger charge is 2.32. The highest BCUT2D eigenvalue weighted by molar-refractivity contribution is 7.89. The molecule has 27 heavy (non-hydrogen) atoms. The Morgan fingerprint density at radius 1 is 1.00 bits per heavy atom. The molecule has 1 aromatic carbocycles. The first kappa shape index (κ1) is 20.0. The Labute approximate surface area is 168 Å². The van der Waals surface area contributed by atoms with Crippen molar-refractivity contribution in [3.63, 3.8) is 0 Å². The van der Waals surface area contributed by atoms with E-state index in [4.69, 9.17) is 32.7 Å². The summed E-state index contributed by atoms with van der Waals surface area (Å²) < 4.78 is 38.1. The number of halogens is 2. The lowest BCUT2D eigenvalue weighted by Gasteiger charge is -2.36. The Morgan fingerprint density at radius 2 is 1.63 bits per heavy atom. The molecule has 0 amide bonds. The van der Waals surface area contributed by atoms with Gasteiger partial charge in [-0.2, -0.15) is 4.31 Å². The standard InChI is InChI=1S/C17H19Cl2N3O4S/c1-25-12-3-4-15(26-2)16(9-12)27(23,24)22-7-5-21(6-8-22)17-13(18)10-20-11-14(17)19/h3-4,9-11H,5-8H2,1-2H3. The van der Waals surface area contributed by atoms with Crippen LogP contribution >= 0.6 is 23.2 Å². The summed E-state index contributed by atoms with van der Waals surface area (Å²) in [5.74, 6) is 0.724. The summed E-state index contributed by atoms with van der Waals surface area (Å²) in [6.07, 6.45) is 3.04. The predicted octanol–water partition coefficient (Wildman–Crippen LogP) is 2.92. The summed E-state index contributed by atoms with van der Waals surface area (Å²) in [7, 11) is -0.818. The molecule has 7 nitrogen and oxygen atoms in total. The number of hydrogen-bond donors (Lipinski definition) is 0. The second-order valence-corrected chi connectivity index (χ2v) is 8.58. The average Bonchev–Trinajstić information content (AvgIpc) is 2.67. The van der Waals surface area contributed by atoms with E-state index in [-0.39, 0.29) is 23.7 Å². The minimum absolute atomic E-state index is 0.0813. The van der Waals surface area contributed by atoms with Gasteiger partial charge in [-0.1, -0.05) is 23.2 Å². The molecule has 0 atom stereocenters. The molecule has 2 heterocycles. The summed E-state index contributed by atoms with van der Waals surface area (Å²) in [6, 6.07) is 4.71. The van der Waals surface area contributed by atoms with Gasteiger partial charge in [0.05, 0.1) is 30.0 Å². The van der Waals surface area contributed by atoms with E-state index in [1.54, 1.807) is 12.1 Å². The third-order valence-electron chi connectivity index (χ3n) is 4.37. The number of methoxy groups -OCH3 is 2. The van der Waals surface area contributed by atoms with Gasteiger partial charge in [-0.3, -0.25) is 4.98 Å². The maximum atomic E-state index is 13.1. The molecule has 0 saturated carbocycles. The SMILES string of the molecule is COc1ccc(OC)c(S(=O)(=O)N2CCN(c3c(Cl)cncc3Cl)CC2)c1. The van der Waals surface area contributed by atoms with Crippen LogP contribution < -0.4 is 14.4 Å². The van der Waals surface area contributed by atoms with Crippen molar-refractivity contribution in [1.29, 1.82) is 0 Å². The maximum absolute atomic E-state index is 13.1. The van der Waals surface area contributed by atoms with Crippen molar-refractivity contribution in [3.05, 3.63) is 40.6 Å². The molecule has 1 aliphatic heterocycles. The number of anilines is 1. The molecule has 3 rings (SSSR count). The van der Waals surface area contributed by atoms with E-state index in [1.807, 2.05) is 4.90 Å². The third-order valence-corrected chi connectivity index (χ3v) is 6.84. The van der Waals surface area contributed by atoms with Crippen LogP contribution in [0.25, 0.3) is 0 Å². The van der Waals surface area contributed by atoms with Crippen LogP contribution in [0.4, 0.5) is 5.69 Å². The molecule has 0 spiro atoms. The summed E-state index contributed by atoms with van der Waals surface area (Å²) in [6.45, 7) is 1.49. The van der Waals surface area contributed by atoms with Gasteiger partial charge in [0.15, 0.2) is 0 Å². The number of nitrogens with zero attached hydrogens (tertiary/aromatic N) is 3. The molecule has 0 bridgehead atoms. The molecule has 1 aliphatic rings. The van der Waals surface area contributed by atoms with Crippen molar-refractivity contribution in [2.24, 2.45) is 0 Å². The van der Waals surface area contributed by atoms with E-state index in [0.717, 1.165) is 0 Å². The molecule has 146 valence electrons. The Kier molecular flexibility index (Phi) is 6.00. The number of aromatic nitrogens is 1. The van der Waals surface area contributed by atoms with Crippen LogP contribution in [0.1, 0.15) is 0 Å². The van der Waals surface area contributed by atoms with Crippen molar-refractivity contribution in [3.8, 4) is 11.5 Å². The second kappa shape index (κ2) is 8.10. The number of ether oxygens (including phenoxy) is 2. The normalized spacial score (nSPS) is 15.6. The Balaban J connectivity index is 1.83. The predicted molar refractivity (Wildman–Crippen MR) is 105 cm³/mol. The molecule has 1 aromatic heterocycles. The van der Waals surface area contributed by atoms with Crippen LogP contribution in [0.3, 0.4) is 0 Å². The Hall–Kier alpha value is -1.74. The monoisotopic (exact) mass is 431 g/mol. The number of sulfonamides is 1. The minimum atomic E-state index is -3.74. The van der Waals surface area contributed by atoms with E-state index in [2.05, 4.69) is 4.98 Å². The Morgan fingerprint density at radius 3 is 2.19 bits per heavy atom. The first-order chi connectivity index (χ1) is 12.9. The quantitative estimate of drug-likeness (QED) is 0.724. The van der Waals surface area contributed by atoms with Crippen LogP contribution in [0.5, 0.6) is 11.5 Å². The molecule has 2 aromatic rings. The van der Waals surface area contributed by atoms with Crippen LogP contribution in [-0.4, -0.2) is 58.1 Å². The molecule has 1 saturated heterocycles. The zero-order valence-corrected chi connectivity index (χ0v) is 17.2. The summed E-state index contributed by atoms with van der Waals surface area (Å²) in [4.78, 5) is 5.99. The second-order valence-electron chi connectivity index (χ2n) is 5.86. The number of rotatable bonds is 5. The molecule has 0 unspecified atom stereocenters. The van der Waals surface area contributed by atoms with E-state index < -0.39 is 10.0 Å². The molecule has 0 N–H and O–H groups in total. The summed E-state index contributed by atoms with van der Waals surface area (Å²) >= 11 is 12.4. The molecule has 10 heteroatoms. The molecule has 1 fully saturated rings. The van der Waals surface area contributed by atoms with Crippen molar-refractivity contribution in [1.82, 2.24) is 9.29 Å². The fourth-order valence-corrected chi connectivity index (χ4v) is 5.18. The van der Waals surface area contributed by atoms with Crippen LogP contribution in [0.2, 0.25) is 10.0 Å². The van der Waals surface area contributed by atoms with Crippen molar-refractivity contribution in [2.45, 2.75) is 4.90 Å². The van der Waals surface area contributed by atoms with Crippen LogP contribution in [0, 0.1) is 0 Å². The van der Waals surface area contributed by atoms with Gasteiger partial charge < -0.3 is 14.4 Å². The zero-order valence-electron chi connectivity index (χ0n) is 14.9. The lowest BCUT2D eigenvalue weighted by molar-refractivity contribution is 0.371. The van der Waals surface area contributed by atoms with Crippen molar-refractivity contribution in [2.75, 3.05) is 45.3 Å². The van der Waals surface area contributed by atoms with Gasteiger partial charge in [0.2, 0.25) is 10.0 Å². The first-order valence-corrected chi connectivity index (χ1v) is 10.3. The fourth-order valence-electron chi connectivity index (χ4n) is 2.98. The van der Waals surface area contributed by atoms with Crippen molar-refractivity contribution >= 4 is 38.9 Å². The lowest BCUT2D eigenvalue weighted by Crippen LogP contribution is -2.48. The largest absolute Gasteiger partial charge is 0.497 e. The Bertz CT molecular complexity index is 912. The van der Waals surface area contributed by atoms with E-state index in [1.165, 1.54) is 37.0 Å².